The molecule has 1 heterocycles. The highest BCUT2D eigenvalue weighted by Crippen LogP contribution is 2.23. The van der Waals surface area contributed by atoms with E-state index in [0.29, 0.717) is 10.4 Å². The van der Waals surface area contributed by atoms with Gasteiger partial charge in [-0.2, -0.15) is 0 Å². The SMILES string of the molecule is O=C(O)/C(=C\c1ccc(C(=O)O)cc1)c1cccs1. The fourth-order valence-electron chi connectivity index (χ4n) is 1.56. The molecule has 0 spiro atoms. The van der Waals surface area contributed by atoms with Crippen LogP contribution in [0.15, 0.2) is 41.8 Å². The van der Waals surface area contributed by atoms with Gasteiger partial charge in [0.05, 0.1) is 11.1 Å². The predicted octanol–water partition coefficient (Wildman–Crippen LogP) is 3.07. The van der Waals surface area contributed by atoms with Crippen molar-refractivity contribution in [3.63, 3.8) is 0 Å². The van der Waals surface area contributed by atoms with Crippen LogP contribution in [0.4, 0.5) is 0 Å². The lowest BCUT2D eigenvalue weighted by atomic mass is 10.1. The van der Waals surface area contributed by atoms with Gasteiger partial charge in [-0.1, -0.05) is 18.2 Å². The molecule has 0 bridgehead atoms. The van der Waals surface area contributed by atoms with Gasteiger partial charge in [0.1, 0.15) is 0 Å². The highest BCUT2D eigenvalue weighted by molar-refractivity contribution is 7.11. The van der Waals surface area contributed by atoms with Crippen molar-refractivity contribution in [2.24, 2.45) is 0 Å². The Morgan fingerprint density at radius 3 is 2.21 bits per heavy atom. The summed E-state index contributed by atoms with van der Waals surface area (Å²) in [6, 6.07) is 9.57. The predicted molar refractivity (Wildman–Crippen MR) is 73.2 cm³/mol. The van der Waals surface area contributed by atoms with Crippen molar-refractivity contribution < 1.29 is 19.8 Å². The Morgan fingerprint density at radius 1 is 1.05 bits per heavy atom. The minimum absolute atomic E-state index is 0.171. The molecule has 0 saturated heterocycles. The molecule has 0 atom stereocenters. The number of thiophene rings is 1. The van der Waals surface area contributed by atoms with Crippen LogP contribution in [0.2, 0.25) is 0 Å². The Labute approximate surface area is 113 Å². The maximum absolute atomic E-state index is 11.2. The molecule has 5 heteroatoms. The summed E-state index contributed by atoms with van der Waals surface area (Å²) >= 11 is 1.34. The smallest absolute Gasteiger partial charge is 0.337 e. The van der Waals surface area contributed by atoms with Crippen molar-refractivity contribution in [1.29, 1.82) is 0 Å². The molecular weight excluding hydrogens is 264 g/mol. The van der Waals surface area contributed by atoms with E-state index < -0.39 is 11.9 Å². The summed E-state index contributed by atoms with van der Waals surface area (Å²) in [6.07, 6.45) is 1.53. The minimum Gasteiger partial charge on any atom is -0.478 e. The fraction of sp³-hybridized carbons (Fsp3) is 0. The third kappa shape index (κ3) is 3.08. The number of hydrogen-bond donors (Lipinski definition) is 2. The zero-order valence-corrected chi connectivity index (χ0v) is 10.6. The lowest BCUT2D eigenvalue weighted by molar-refractivity contribution is -0.130. The lowest BCUT2D eigenvalue weighted by Gasteiger charge is -2.00. The fourth-order valence-corrected chi connectivity index (χ4v) is 2.29. The maximum Gasteiger partial charge on any atom is 0.337 e. The van der Waals surface area contributed by atoms with Crippen LogP contribution < -0.4 is 0 Å². The molecule has 1 aromatic heterocycles. The molecule has 0 radical (unpaired) electrons. The maximum atomic E-state index is 11.2. The van der Waals surface area contributed by atoms with Crippen LogP contribution in [0.1, 0.15) is 20.8 Å². The first kappa shape index (κ1) is 13.0. The summed E-state index contributed by atoms with van der Waals surface area (Å²) in [5.74, 6) is -2.02. The second-order valence-electron chi connectivity index (χ2n) is 3.77. The number of carboxylic acid groups (broad SMARTS) is 2. The monoisotopic (exact) mass is 274 g/mol. The third-order valence-corrected chi connectivity index (χ3v) is 3.39. The number of hydrogen-bond acceptors (Lipinski definition) is 3. The molecule has 0 saturated carbocycles. The summed E-state index contributed by atoms with van der Waals surface area (Å²) < 4.78 is 0. The summed E-state index contributed by atoms with van der Waals surface area (Å²) in [7, 11) is 0. The van der Waals surface area contributed by atoms with Crippen LogP contribution in [0.3, 0.4) is 0 Å². The number of benzene rings is 1. The zero-order chi connectivity index (χ0) is 13.8. The standard InChI is InChI=1S/C14H10O4S/c15-13(16)10-5-3-9(4-6-10)8-11(14(17)18)12-2-1-7-19-12/h1-8H,(H,15,16)(H,17,18)/b11-8-. The van der Waals surface area contributed by atoms with Gasteiger partial charge in [-0.3, -0.25) is 0 Å². The Morgan fingerprint density at radius 2 is 1.74 bits per heavy atom. The van der Waals surface area contributed by atoms with Crippen molar-refractivity contribution in [1.82, 2.24) is 0 Å². The van der Waals surface area contributed by atoms with Crippen molar-refractivity contribution in [2.45, 2.75) is 0 Å². The van der Waals surface area contributed by atoms with Crippen LogP contribution >= 0.6 is 11.3 Å². The molecule has 0 fully saturated rings. The summed E-state index contributed by atoms with van der Waals surface area (Å²) in [5.41, 5.74) is 1.01. The molecule has 19 heavy (non-hydrogen) atoms. The van der Waals surface area contributed by atoms with Gasteiger partial charge in [0, 0.05) is 4.88 Å². The molecule has 2 N–H and O–H groups in total. The van der Waals surface area contributed by atoms with Gasteiger partial charge in [-0.25, -0.2) is 9.59 Å². The average Bonchev–Trinajstić information content (AvgIpc) is 2.89. The first-order chi connectivity index (χ1) is 9.08. The number of rotatable bonds is 4. The molecule has 96 valence electrons. The highest BCUT2D eigenvalue weighted by atomic mass is 32.1. The van der Waals surface area contributed by atoms with E-state index in [1.807, 2.05) is 0 Å². The molecule has 1 aromatic carbocycles. The average molecular weight is 274 g/mol. The lowest BCUT2D eigenvalue weighted by Crippen LogP contribution is -1.98. The largest absolute Gasteiger partial charge is 0.478 e. The van der Waals surface area contributed by atoms with E-state index in [2.05, 4.69) is 0 Å². The van der Waals surface area contributed by atoms with Gasteiger partial charge in [0.25, 0.3) is 0 Å². The van der Waals surface area contributed by atoms with Gasteiger partial charge < -0.3 is 10.2 Å². The Hall–Kier alpha value is -2.40. The molecule has 0 unspecified atom stereocenters. The second-order valence-corrected chi connectivity index (χ2v) is 4.72. The van der Waals surface area contributed by atoms with Crippen molar-refractivity contribution in [2.75, 3.05) is 0 Å². The number of aliphatic carboxylic acids is 1. The first-order valence-electron chi connectivity index (χ1n) is 5.40. The van der Waals surface area contributed by atoms with Crippen LogP contribution in [-0.2, 0) is 4.79 Å². The van der Waals surface area contributed by atoms with Crippen molar-refractivity contribution in [3.8, 4) is 0 Å². The second kappa shape index (κ2) is 5.49. The van der Waals surface area contributed by atoms with Crippen molar-refractivity contribution in [3.05, 3.63) is 57.8 Å². The highest BCUT2D eigenvalue weighted by Gasteiger charge is 2.11. The molecule has 0 aliphatic heterocycles. The zero-order valence-electron chi connectivity index (χ0n) is 9.74. The van der Waals surface area contributed by atoms with E-state index in [-0.39, 0.29) is 11.1 Å². The number of carboxylic acids is 2. The van der Waals surface area contributed by atoms with Crippen LogP contribution in [0, 0.1) is 0 Å². The minimum atomic E-state index is -1.01. The molecule has 4 nitrogen and oxygen atoms in total. The topological polar surface area (TPSA) is 74.6 Å². The molecule has 0 aliphatic rings. The van der Waals surface area contributed by atoms with Crippen LogP contribution in [0.5, 0.6) is 0 Å². The van der Waals surface area contributed by atoms with E-state index >= 15 is 0 Å². The normalized spacial score (nSPS) is 11.3. The molecule has 2 aromatic rings. The van der Waals surface area contributed by atoms with Gasteiger partial charge in [0.15, 0.2) is 0 Å². The van der Waals surface area contributed by atoms with Gasteiger partial charge in [-0.05, 0) is 35.2 Å². The van der Waals surface area contributed by atoms with Gasteiger partial charge in [0.2, 0.25) is 0 Å². The summed E-state index contributed by atoms with van der Waals surface area (Å²) in [4.78, 5) is 22.6. The molecule has 0 amide bonds. The molecule has 0 aliphatic carbocycles. The van der Waals surface area contributed by atoms with Gasteiger partial charge in [-0.15, -0.1) is 11.3 Å². The van der Waals surface area contributed by atoms with E-state index in [0.717, 1.165) is 0 Å². The summed E-state index contributed by atoms with van der Waals surface area (Å²) in [6.45, 7) is 0. The Bertz CT molecular complexity index is 624. The molecule has 2 rings (SSSR count). The summed E-state index contributed by atoms with van der Waals surface area (Å²) in [5, 5.41) is 19.8. The van der Waals surface area contributed by atoms with E-state index in [1.54, 1.807) is 29.6 Å². The van der Waals surface area contributed by atoms with Crippen LogP contribution in [-0.4, -0.2) is 22.2 Å². The Kier molecular flexibility index (Phi) is 3.77. The van der Waals surface area contributed by atoms with E-state index in [1.165, 1.54) is 29.5 Å². The molecular formula is C14H10O4S. The first-order valence-corrected chi connectivity index (χ1v) is 6.28. The third-order valence-electron chi connectivity index (χ3n) is 2.49. The van der Waals surface area contributed by atoms with Gasteiger partial charge >= 0.3 is 11.9 Å². The number of carbonyl (C=O) groups is 2. The van der Waals surface area contributed by atoms with Crippen LogP contribution in [0.25, 0.3) is 11.6 Å². The number of aromatic carboxylic acids is 1. The van der Waals surface area contributed by atoms with Crippen molar-refractivity contribution >= 4 is 34.9 Å². The van der Waals surface area contributed by atoms with E-state index in [9.17, 15) is 14.7 Å². The van der Waals surface area contributed by atoms with E-state index in [4.69, 9.17) is 5.11 Å². The quantitative estimate of drug-likeness (QED) is 0.840. The Balaban J connectivity index is 2.37.